The van der Waals surface area contributed by atoms with Gasteiger partial charge in [-0.2, -0.15) is 0 Å². The number of aliphatic imine (C=N–C) groups is 1. The van der Waals surface area contributed by atoms with Crippen LogP contribution in [0.1, 0.15) is 37.3 Å². The van der Waals surface area contributed by atoms with Gasteiger partial charge in [0.15, 0.2) is 5.96 Å². The number of hydrogen-bond donors (Lipinski definition) is 2. The molecular weight excluding hydrogens is 539 g/mol. The maximum atomic E-state index is 6.02. The summed E-state index contributed by atoms with van der Waals surface area (Å²) in [5, 5.41) is 8.10. The van der Waals surface area contributed by atoms with Crippen LogP contribution in [-0.4, -0.2) is 42.9 Å². The lowest BCUT2D eigenvalue weighted by atomic mass is 10.1. The van der Waals surface area contributed by atoms with Crippen molar-refractivity contribution >= 4 is 40.8 Å². The van der Waals surface area contributed by atoms with E-state index in [-0.39, 0.29) is 24.0 Å². The Hall–Kier alpha value is -2.10. The Morgan fingerprint density at radius 1 is 1.03 bits per heavy atom. The van der Waals surface area contributed by atoms with Crippen molar-refractivity contribution in [1.82, 2.24) is 15.2 Å². The van der Waals surface area contributed by atoms with Gasteiger partial charge in [0.25, 0.3) is 0 Å². The zero-order valence-electron chi connectivity index (χ0n) is 20.0. The van der Waals surface area contributed by atoms with Crippen LogP contribution in [0.5, 0.6) is 0 Å². The van der Waals surface area contributed by atoms with E-state index in [0.29, 0.717) is 19.3 Å². The molecule has 1 saturated heterocycles. The minimum atomic E-state index is 0. The van der Waals surface area contributed by atoms with Gasteiger partial charge in [-0.05, 0) is 54.8 Å². The van der Waals surface area contributed by atoms with Crippen molar-refractivity contribution in [2.45, 2.75) is 52.0 Å². The normalized spacial score (nSPS) is 14.7. The number of guanidine groups is 1. The molecule has 2 N–H and O–H groups in total. The highest BCUT2D eigenvalue weighted by atomic mass is 127. The fraction of sp³-hybridized carbons (Fsp3) is 0.444. The zero-order valence-corrected chi connectivity index (χ0v) is 22.4. The number of aryl methyl sites for hydroxylation is 1. The first-order chi connectivity index (χ1) is 16.3. The summed E-state index contributed by atoms with van der Waals surface area (Å²) < 4.78 is 13.7. The Labute approximate surface area is 220 Å². The molecule has 1 aromatic heterocycles. The molecule has 184 valence electrons. The second-order valence-electron chi connectivity index (χ2n) is 8.48. The first-order valence-corrected chi connectivity index (χ1v) is 12.1. The van der Waals surface area contributed by atoms with Crippen LogP contribution in [0.25, 0.3) is 10.9 Å². The van der Waals surface area contributed by atoms with Gasteiger partial charge in [0.2, 0.25) is 0 Å². The topological polar surface area (TPSA) is 59.8 Å². The van der Waals surface area contributed by atoms with Gasteiger partial charge in [0.1, 0.15) is 0 Å². The number of para-hydroxylation sites is 1. The van der Waals surface area contributed by atoms with Gasteiger partial charge in [-0.15, -0.1) is 24.0 Å². The minimum Gasteiger partial charge on any atom is -0.381 e. The lowest BCUT2D eigenvalue weighted by molar-refractivity contribution is -0.0390. The summed E-state index contributed by atoms with van der Waals surface area (Å²) in [6, 6.07) is 19.3. The lowest BCUT2D eigenvalue weighted by Gasteiger charge is -2.22. The Morgan fingerprint density at radius 3 is 2.59 bits per heavy atom. The van der Waals surface area contributed by atoms with E-state index in [0.717, 1.165) is 58.1 Å². The summed E-state index contributed by atoms with van der Waals surface area (Å²) >= 11 is 0. The molecule has 34 heavy (non-hydrogen) atoms. The number of aromatic nitrogens is 1. The highest BCUT2D eigenvalue weighted by Gasteiger charge is 2.13. The Balaban J connectivity index is 0.00000324. The summed E-state index contributed by atoms with van der Waals surface area (Å²) in [7, 11) is 0. The number of nitrogens with zero attached hydrogens (tertiary/aromatic N) is 2. The fourth-order valence-corrected chi connectivity index (χ4v) is 4.10. The molecule has 0 amide bonds. The predicted octanol–water partition coefficient (Wildman–Crippen LogP) is 5.10. The summed E-state index contributed by atoms with van der Waals surface area (Å²) in [6.07, 6.45) is 5.52. The molecule has 0 radical (unpaired) electrons. The van der Waals surface area contributed by atoms with E-state index in [4.69, 9.17) is 14.5 Å². The highest BCUT2D eigenvalue weighted by molar-refractivity contribution is 14.0. The first-order valence-electron chi connectivity index (χ1n) is 12.1. The molecule has 0 atom stereocenters. The van der Waals surface area contributed by atoms with E-state index in [9.17, 15) is 0 Å². The van der Waals surface area contributed by atoms with E-state index in [1.165, 1.54) is 22.0 Å². The van der Waals surface area contributed by atoms with E-state index >= 15 is 0 Å². The zero-order chi connectivity index (χ0) is 22.7. The Morgan fingerprint density at radius 2 is 1.79 bits per heavy atom. The molecule has 0 spiro atoms. The summed E-state index contributed by atoms with van der Waals surface area (Å²) in [5.74, 6) is 0.863. The van der Waals surface area contributed by atoms with Crippen molar-refractivity contribution in [3.05, 3.63) is 71.9 Å². The van der Waals surface area contributed by atoms with Crippen molar-refractivity contribution in [1.29, 1.82) is 0 Å². The van der Waals surface area contributed by atoms with Crippen molar-refractivity contribution in [3.63, 3.8) is 0 Å². The van der Waals surface area contributed by atoms with Gasteiger partial charge in [0.05, 0.1) is 19.3 Å². The molecule has 4 rings (SSSR count). The van der Waals surface area contributed by atoms with Crippen molar-refractivity contribution in [2.75, 3.05) is 26.3 Å². The smallest absolute Gasteiger partial charge is 0.191 e. The van der Waals surface area contributed by atoms with Crippen LogP contribution < -0.4 is 10.6 Å². The van der Waals surface area contributed by atoms with Crippen LogP contribution in [-0.2, 0) is 29.2 Å². The Kier molecular flexibility index (Phi) is 11.2. The van der Waals surface area contributed by atoms with Gasteiger partial charge >= 0.3 is 0 Å². The number of rotatable bonds is 10. The third-order valence-corrected chi connectivity index (χ3v) is 5.99. The summed E-state index contributed by atoms with van der Waals surface area (Å²) in [4.78, 5) is 4.76. The maximum absolute atomic E-state index is 6.02. The molecule has 0 saturated carbocycles. The summed E-state index contributed by atoms with van der Waals surface area (Å²) in [5.41, 5.74) is 3.69. The van der Waals surface area contributed by atoms with Gasteiger partial charge < -0.3 is 24.7 Å². The number of ether oxygens (including phenoxy) is 2. The molecule has 2 heterocycles. The van der Waals surface area contributed by atoms with Crippen molar-refractivity contribution in [3.8, 4) is 0 Å². The molecule has 0 aliphatic carbocycles. The molecule has 6 nitrogen and oxygen atoms in total. The van der Waals surface area contributed by atoms with Crippen molar-refractivity contribution in [2.24, 2.45) is 4.99 Å². The molecular formula is C27H37IN4O2. The van der Waals surface area contributed by atoms with E-state index in [1.807, 2.05) is 0 Å². The Bertz CT molecular complexity index is 1010. The fourth-order valence-electron chi connectivity index (χ4n) is 4.10. The second-order valence-corrected chi connectivity index (χ2v) is 8.48. The van der Waals surface area contributed by atoms with Crippen LogP contribution >= 0.6 is 24.0 Å². The molecule has 1 aliphatic rings. The molecule has 0 bridgehead atoms. The van der Waals surface area contributed by atoms with Crippen LogP contribution in [0.4, 0.5) is 0 Å². The summed E-state index contributed by atoms with van der Waals surface area (Å²) in [6.45, 7) is 7.74. The van der Waals surface area contributed by atoms with Crippen LogP contribution in [0.15, 0.2) is 65.8 Å². The standard InChI is InChI=1S/C27H36N4O2.HI/c1-2-28-27(29-15-5-16-31-17-12-24-6-3-4-7-26(24)31)30-20-22-8-10-23(11-9-22)21-33-25-13-18-32-19-14-25;/h3-4,6-12,17,25H,2,5,13-16,18-21H2,1H3,(H2,28,29,30);1H. The van der Waals surface area contributed by atoms with Gasteiger partial charge in [-0.25, -0.2) is 4.99 Å². The van der Waals surface area contributed by atoms with Crippen molar-refractivity contribution < 1.29 is 9.47 Å². The molecule has 0 unspecified atom stereocenters. The van der Waals surface area contributed by atoms with Crippen LogP contribution in [0, 0.1) is 0 Å². The number of halogens is 1. The highest BCUT2D eigenvalue weighted by Crippen LogP contribution is 2.16. The lowest BCUT2D eigenvalue weighted by Crippen LogP contribution is -2.38. The largest absolute Gasteiger partial charge is 0.381 e. The maximum Gasteiger partial charge on any atom is 0.191 e. The van der Waals surface area contributed by atoms with Gasteiger partial charge in [0, 0.05) is 44.6 Å². The van der Waals surface area contributed by atoms with Gasteiger partial charge in [-0.1, -0.05) is 42.5 Å². The number of fused-ring (bicyclic) bond motifs is 1. The minimum absolute atomic E-state index is 0. The van der Waals surface area contributed by atoms with E-state index < -0.39 is 0 Å². The monoisotopic (exact) mass is 576 g/mol. The predicted molar refractivity (Wildman–Crippen MR) is 150 cm³/mol. The van der Waals surface area contributed by atoms with E-state index in [2.05, 4.69) is 82.9 Å². The second kappa shape index (κ2) is 14.3. The molecule has 1 fully saturated rings. The average molecular weight is 577 g/mol. The molecule has 3 aromatic rings. The average Bonchev–Trinajstić information content (AvgIpc) is 3.28. The number of hydrogen-bond acceptors (Lipinski definition) is 3. The first kappa shape index (κ1) is 26.5. The quantitative estimate of drug-likeness (QED) is 0.153. The van der Waals surface area contributed by atoms with Gasteiger partial charge in [-0.3, -0.25) is 0 Å². The SMILES string of the molecule is CCNC(=NCc1ccc(COC2CCOCC2)cc1)NCCCn1ccc2ccccc21.I. The molecule has 2 aromatic carbocycles. The van der Waals surface area contributed by atoms with E-state index in [1.54, 1.807) is 0 Å². The molecule has 1 aliphatic heterocycles. The van der Waals surface area contributed by atoms with Crippen LogP contribution in [0.2, 0.25) is 0 Å². The third kappa shape index (κ3) is 7.99. The number of nitrogens with one attached hydrogen (secondary N) is 2. The van der Waals surface area contributed by atoms with Crippen LogP contribution in [0.3, 0.4) is 0 Å². The third-order valence-electron chi connectivity index (χ3n) is 5.99. The number of benzene rings is 2. The molecule has 7 heteroatoms.